The summed E-state index contributed by atoms with van der Waals surface area (Å²) in [5, 5.41) is 8.69. The Hall–Kier alpha value is -3.34. The molecule has 0 fully saturated rings. The van der Waals surface area contributed by atoms with E-state index in [1.54, 1.807) is 12.1 Å². The van der Waals surface area contributed by atoms with Gasteiger partial charge in [0.15, 0.2) is 0 Å². The van der Waals surface area contributed by atoms with Gasteiger partial charge in [-0.05, 0) is 42.8 Å². The maximum Gasteiger partial charge on any atom is 0.328 e. The predicted octanol–water partition coefficient (Wildman–Crippen LogP) is 4.33. The Morgan fingerprint density at radius 3 is 2.76 bits per heavy atom. The first-order valence-electron chi connectivity index (χ1n) is 7.77. The normalized spacial score (nSPS) is 10.9. The summed E-state index contributed by atoms with van der Waals surface area (Å²) in [4.78, 5) is 15.1. The minimum absolute atomic E-state index is 0.272. The zero-order chi connectivity index (χ0) is 17.6. The van der Waals surface area contributed by atoms with Crippen molar-refractivity contribution in [1.82, 2.24) is 4.98 Å². The molecule has 0 spiro atoms. The van der Waals surface area contributed by atoms with E-state index < -0.39 is 5.97 Å². The molecular formula is C20H17NO4. The summed E-state index contributed by atoms with van der Waals surface area (Å²) in [6.07, 6.45) is 2.61. The monoisotopic (exact) mass is 335 g/mol. The fourth-order valence-electron chi connectivity index (χ4n) is 2.29. The van der Waals surface area contributed by atoms with Gasteiger partial charge in [-0.3, -0.25) is 0 Å². The van der Waals surface area contributed by atoms with Crippen molar-refractivity contribution < 1.29 is 19.1 Å². The molecule has 3 rings (SSSR count). The summed E-state index contributed by atoms with van der Waals surface area (Å²) < 4.78 is 11.5. The van der Waals surface area contributed by atoms with Gasteiger partial charge in [0.1, 0.15) is 23.8 Å². The molecule has 2 aromatic carbocycles. The van der Waals surface area contributed by atoms with Crippen molar-refractivity contribution in [3.63, 3.8) is 0 Å². The number of rotatable bonds is 6. The van der Waals surface area contributed by atoms with Gasteiger partial charge >= 0.3 is 5.97 Å². The first-order valence-corrected chi connectivity index (χ1v) is 7.77. The van der Waals surface area contributed by atoms with Gasteiger partial charge in [0.25, 0.3) is 0 Å². The van der Waals surface area contributed by atoms with Crippen LogP contribution in [0.1, 0.15) is 17.0 Å². The number of hydrogen-bond acceptors (Lipinski definition) is 4. The quantitative estimate of drug-likeness (QED) is 0.679. The molecule has 0 saturated carbocycles. The Morgan fingerprint density at radius 2 is 2.00 bits per heavy atom. The third-order valence-corrected chi connectivity index (χ3v) is 3.57. The second kappa shape index (κ2) is 7.49. The SMILES string of the molecule is Cc1oc(-c2ccccc2)nc1COc1cccc(/C=C/C(=O)O)c1. The topological polar surface area (TPSA) is 72.6 Å². The van der Waals surface area contributed by atoms with Crippen LogP contribution in [0.25, 0.3) is 17.5 Å². The lowest BCUT2D eigenvalue weighted by Crippen LogP contribution is -1.97. The predicted molar refractivity (Wildman–Crippen MR) is 94.1 cm³/mol. The lowest BCUT2D eigenvalue weighted by Gasteiger charge is -2.05. The summed E-state index contributed by atoms with van der Waals surface area (Å²) in [5.41, 5.74) is 2.39. The number of carbonyl (C=O) groups is 1. The van der Waals surface area contributed by atoms with Crippen molar-refractivity contribution in [2.75, 3.05) is 0 Å². The smallest absolute Gasteiger partial charge is 0.328 e. The third kappa shape index (κ3) is 4.35. The van der Waals surface area contributed by atoms with E-state index in [-0.39, 0.29) is 6.61 Å². The largest absolute Gasteiger partial charge is 0.487 e. The van der Waals surface area contributed by atoms with Crippen LogP contribution in [-0.2, 0) is 11.4 Å². The summed E-state index contributed by atoms with van der Waals surface area (Å²) in [7, 11) is 0. The van der Waals surface area contributed by atoms with Gasteiger partial charge in [0.2, 0.25) is 5.89 Å². The van der Waals surface area contributed by atoms with Gasteiger partial charge < -0.3 is 14.3 Å². The van der Waals surface area contributed by atoms with E-state index in [4.69, 9.17) is 14.3 Å². The number of aromatic nitrogens is 1. The van der Waals surface area contributed by atoms with Crippen LogP contribution in [0.15, 0.2) is 65.1 Å². The van der Waals surface area contributed by atoms with Crippen LogP contribution in [-0.4, -0.2) is 16.1 Å². The fourth-order valence-corrected chi connectivity index (χ4v) is 2.29. The Labute approximate surface area is 145 Å². The van der Waals surface area contributed by atoms with Crippen LogP contribution in [0.3, 0.4) is 0 Å². The molecule has 0 unspecified atom stereocenters. The Morgan fingerprint density at radius 1 is 1.20 bits per heavy atom. The summed E-state index contributed by atoms with van der Waals surface area (Å²) >= 11 is 0. The maximum atomic E-state index is 10.6. The highest BCUT2D eigenvalue weighted by Gasteiger charge is 2.11. The highest BCUT2D eigenvalue weighted by Crippen LogP contribution is 2.23. The molecule has 5 heteroatoms. The summed E-state index contributed by atoms with van der Waals surface area (Å²) in [6.45, 7) is 2.12. The molecule has 0 aliphatic rings. The fraction of sp³-hybridized carbons (Fsp3) is 0.100. The molecule has 1 N–H and O–H groups in total. The van der Waals surface area contributed by atoms with E-state index in [2.05, 4.69) is 4.98 Å². The second-order valence-electron chi connectivity index (χ2n) is 5.42. The Kier molecular flexibility index (Phi) is 4.95. The van der Waals surface area contributed by atoms with Crippen LogP contribution in [0, 0.1) is 6.92 Å². The summed E-state index contributed by atoms with van der Waals surface area (Å²) in [6, 6.07) is 16.9. The van der Waals surface area contributed by atoms with Crippen LogP contribution in [0.2, 0.25) is 0 Å². The minimum atomic E-state index is -0.988. The molecule has 126 valence electrons. The van der Waals surface area contributed by atoms with Crippen LogP contribution in [0.5, 0.6) is 5.75 Å². The number of aliphatic carboxylic acids is 1. The molecular weight excluding hydrogens is 318 g/mol. The van der Waals surface area contributed by atoms with E-state index in [1.807, 2.05) is 49.4 Å². The minimum Gasteiger partial charge on any atom is -0.487 e. The van der Waals surface area contributed by atoms with Crippen LogP contribution in [0.4, 0.5) is 0 Å². The molecule has 25 heavy (non-hydrogen) atoms. The van der Waals surface area contributed by atoms with Crippen molar-refractivity contribution in [3.05, 3.63) is 77.7 Å². The molecule has 0 amide bonds. The van der Waals surface area contributed by atoms with Crippen molar-refractivity contribution in [3.8, 4) is 17.2 Å². The highest BCUT2D eigenvalue weighted by molar-refractivity contribution is 5.85. The van der Waals surface area contributed by atoms with Crippen molar-refractivity contribution in [1.29, 1.82) is 0 Å². The molecule has 0 aliphatic carbocycles. The molecule has 0 aliphatic heterocycles. The number of aryl methyl sites for hydroxylation is 1. The highest BCUT2D eigenvalue weighted by atomic mass is 16.5. The number of nitrogens with zero attached hydrogens (tertiary/aromatic N) is 1. The standard InChI is InChI=1S/C20H17NO4/c1-14-18(21-20(25-14)16-7-3-2-4-8-16)13-24-17-9-5-6-15(12-17)10-11-19(22)23/h2-12H,13H2,1H3,(H,22,23)/b11-10+. The zero-order valence-corrected chi connectivity index (χ0v) is 13.7. The van der Waals surface area contributed by atoms with E-state index in [1.165, 1.54) is 6.08 Å². The zero-order valence-electron chi connectivity index (χ0n) is 13.7. The van der Waals surface area contributed by atoms with E-state index in [0.29, 0.717) is 17.4 Å². The lowest BCUT2D eigenvalue weighted by atomic mass is 10.2. The second-order valence-corrected chi connectivity index (χ2v) is 5.42. The Bertz CT molecular complexity index is 897. The number of carboxylic acid groups (broad SMARTS) is 1. The van der Waals surface area contributed by atoms with E-state index in [9.17, 15) is 4.79 Å². The average molecular weight is 335 g/mol. The lowest BCUT2D eigenvalue weighted by molar-refractivity contribution is -0.131. The molecule has 1 aromatic heterocycles. The van der Waals surface area contributed by atoms with Gasteiger partial charge in [-0.15, -0.1) is 0 Å². The molecule has 0 bridgehead atoms. The van der Waals surface area contributed by atoms with Crippen molar-refractivity contribution in [2.24, 2.45) is 0 Å². The molecule has 1 heterocycles. The number of ether oxygens (including phenoxy) is 1. The number of carboxylic acids is 1. The van der Waals surface area contributed by atoms with Gasteiger partial charge in [0, 0.05) is 11.6 Å². The van der Waals surface area contributed by atoms with Gasteiger partial charge in [-0.2, -0.15) is 0 Å². The first kappa shape index (κ1) is 16.5. The van der Waals surface area contributed by atoms with E-state index in [0.717, 1.165) is 22.9 Å². The first-order chi connectivity index (χ1) is 12.1. The Balaban J connectivity index is 1.71. The van der Waals surface area contributed by atoms with E-state index >= 15 is 0 Å². The van der Waals surface area contributed by atoms with Gasteiger partial charge in [-0.25, -0.2) is 9.78 Å². The number of oxazole rings is 1. The van der Waals surface area contributed by atoms with Crippen LogP contribution >= 0.6 is 0 Å². The van der Waals surface area contributed by atoms with Crippen molar-refractivity contribution >= 4 is 12.0 Å². The average Bonchev–Trinajstić information content (AvgIpc) is 3.00. The molecule has 0 atom stereocenters. The summed E-state index contributed by atoms with van der Waals surface area (Å²) in [5.74, 6) is 0.921. The molecule has 0 radical (unpaired) electrons. The maximum absolute atomic E-state index is 10.6. The molecule has 0 saturated heterocycles. The van der Waals surface area contributed by atoms with Crippen LogP contribution < -0.4 is 4.74 Å². The molecule has 5 nitrogen and oxygen atoms in total. The van der Waals surface area contributed by atoms with Crippen molar-refractivity contribution in [2.45, 2.75) is 13.5 Å². The third-order valence-electron chi connectivity index (χ3n) is 3.57. The number of hydrogen-bond donors (Lipinski definition) is 1. The molecule has 3 aromatic rings. The number of benzene rings is 2. The van der Waals surface area contributed by atoms with Gasteiger partial charge in [0.05, 0.1) is 0 Å². The van der Waals surface area contributed by atoms with Gasteiger partial charge in [-0.1, -0.05) is 30.3 Å².